The Morgan fingerprint density at radius 2 is 1.92 bits per heavy atom. The number of hydrogen-bond acceptors (Lipinski definition) is 4. The predicted molar refractivity (Wildman–Crippen MR) is 113 cm³/mol. The van der Waals surface area contributed by atoms with Crippen molar-refractivity contribution < 1.29 is 4.79 Å². The fourth-order valence-corrected chi connectivity index (χ4v) is 3.80. The summed E-state index contributed by atoms with van der Waals surface area (Å²) >= 11 is 6.91. The van der Waals surface area contributed by atoms with Gasteiger partial charge in [0.1, 0.15) is 0 Å². The maximum Gasteiger partial charge on any atom is 0.226 e. The number of fused-ring (bicyclic) bond motifs is 1. The number of thiocarbonyl (C=S) groups is 1. The summed E-state index contributed by atoms with van der Waals surface area (Å²) in [6.07, 6.45) is 3.16. The zero-order valence-electron chi connectivity index (χ0n) is 14.6. The van der Waals surface area contributed by atoms with E-state index in [1.165, 1.54) is 10.3 Å². The van der Waals surface area contributed by atoms with Crippen molar-refractivity contribution >= 4 is 50.5 Å². The van der Waals surface area contributed by atoms with Crippen LogP contribution in [0.5, 0.6) is 0 Å². The Morgan fingerprint density at radius 3 is 2.65 bits per heavy atom. The molecule has 2 aromatic carbocycles. The van der Waals surface area contributed by atoms with Crippen molar-refractivity contribution in [2.75, 3.05) is 5.32 Å². The maximum absolute atomic E-state index is 11.7. The summed E-state index contributed by atoms with van der Waals surface area (Å²) in [4.78, 5) is 16.4. The van der Waals surface area contributed by atoms with Crippen LogP contribution in [0.2, 0.25) is 0 Å². The quantitative estimate of drug-likeness (QED) is 0.595. The van der Waals surface area contributed by atoms with E-state index in [0.29, 0.717) is 11.5 Å². The van der Waals surface area contributed by atoms with E-state index in [1.54, 1.807) is 11.3 Å². The van der Waals surface area contributed by atoms with Crippen molar-refractivity contribution in [3.8, 4) is 0 Å². The Morgan fingerprint density at radius 1 is 1.15 bits per heavy atom. The molecule has 0 atom stereocenters. The fourth-order valence-electron chi connectivity index (χ4n) is 2.56. The lowest BCUT2D eigenvalue weighted by atomic mass is 10.1. The van der Waals surface area contributed by atoms with Crippen molar-refractivity contribution in [2.24, 2.45) is 0 Å². The van der Waals surface area contributed by atoms with Crippen LogP contribution in [0.25, 0.3) is 10.2 Å². The monoisotopic (exact) mass is 383 g/mol. The van der Waals surface area contributed by atoms with Gasteiger partial charge in [-0.05, 0) is 48.5 Å². The van der Waals surface area contributed by atoms with Gasteiger partial charge in [-0.3, -0.25) is 4.79 Å². The zero-order chi connectivity index (χ0) is 18.4. The molecule has 0 saturated carbocycles. The minimum atomic E-state index is -0.0446. The van der Waals surface area contributed by atoms with Crippen LogP contribution >= 0.6 is 23.6 Å². The van der Waals surface area contributed by atoms with E-state index in [1.807, 2.05) is 30.3 Å². The van der Waals surface area contributed by atoms with E-state index in [0.717, 1.165) is 35.5 Å². The van der Waals surface area contributed by atoms with Gasteiger partial charge in [0.2, 0.25) is 5.91 Å². The number of rotatable bonds is 6. The lowest BCUT2D eigenvalue weighted by molar-refractivity contribution is -0.119. The number of anilines is 1. The van der Waals surface area contributed by atoms with Crippen LogP contribution in [0.4, 0.5) is 5.69 Å². The highest BCUT2D eigenvalue weighted by atomic mass is 32.1. The Hall–Kier alpha value is -2.31. The molecular weight excluding hydrogens is 362 g/mol. The standard InChI is InChI=1S/C20H21N3OS2/c1-2-3-8-18(24)23-20(25)21-15-11-9-14(10-12-15)13-19-22-16-6-4-5-7-17(16)26-19/h4-7,9-12H,2-3,8,13H2,1H3,(H2,21,23,24,25). The Kier molecular flexibility index (Phi) is 6.30. The van der Waals surface area contributed by atoms with Crippen LogP contribution in [-0.4, -0.2) is 16.0 Å². The fraction of sp³-hybridized carbons (Fsp3) is 0.250. The number of thiazole rings is 1. The number of carbonyl (C=O) groups is 1. The van der Waals surface area contributed by atoms with Crippen molar-refractivity contribution in [1.82, 2.24) is 10.3 Å². The number of carbonyl (C=O) groups excluding carboxylic acids is 1. The Labute approximate surface area is 162 Å². The molecule has 1 amide bonds. The molecule has 0 radical (unpaired) electrons. The lowest BCUT2D eigenvalue weighted by Crippen LogP contribution is -2.33. The predicted octanol–water partition coefficient (Wildman–Crippen LogP) is 4.89. The molecule has 1 heterocycles. The number of nitrogens with zero attached hydrogens (tertiary/aromatic N) is 1. The maximum atomic E-state index is 11.7. The summed E-state index contributed by atoms with van der Waals surface area (Å²) in [5.41, 5.74) is 3.10. The number of benzene rings is 2. The largest absolute Gasteiger partial charge is 0.332 e. The number of amides is 1. The van der Waals surface area contributed by atoms with E-state index in [2.05, 4.69) is 40.7 Å². The summed E-state index contributed by atoms with van der Waals surface area (Å²) in [5.74, 6) is -0.0446. The third kappa shape index (κ3) is 5.09. The van der Waals surface area contributed by atoms with Gasteiger partial charge in [0.05, 0.1) is 15.2 Å². The van der Waals surface area contributed by atoms with Crippen LogP contribution in [-0.2, 0) is 11.2 Å². The van der Waals surface area contributed by atoms with E-state index in [-0.39, 0.29) is 5.91 Å². The average molecular weight is 384 g/mol. The summed E-state index contributed by atoms with van der Waals surface area (Å²) in [5, 5.41) is 7.19. The van der Waals surface area contributed by atoms with E-state index in [4.69, 9.17) is 12.2 Å². The first kappa shape index (κ1) is 18.5. The smallest absolute Gasteiger partial charge is 0.226 e. The zero-order valence-corrected chi connectivity index (χ0v) is 16.3. The number of hydrogen-bond donors (Lipinski definition) is 2. The van der Waals surface area contributed by atoms with Crippen molar-refractivity contribution in [3.05, 3.63) is 59.1 Å². The van der Waals surface area contributed by atoms with Gasteiger partial charge in [-0.25, -0.2) is 4.98 Å². The summed E-state index contributed by atoms with van der Waals surface area (Å²) in [6, 6.07) is 16.2. The van der Waals surface area contributed by atoms with Crippen molar-refractivity contribution in [3.63, 3.8) is 0 Å². The number of aromatic nitrogens is 1. The topological polar surface area (TPSA) is 54.0 Å². The minimum absolute atomic E-state index is 0.0446. The average Bonchev–Trinajstić information content (AvgIpc) is 3.04. The first-order chi connectivity index (χ1) is 12.6. The molecule has 0 aliphatic carbocycles. The molecule has 0 spiro atoms. The molecule has 6 heteroatoms. The highest BCUT2D eigenvalue weighted by Crippen LogP contribution is 2.24. The molecule has 0 saturated heterocycles. The normalized spacial score (nSPS) is 10.7. The van der Waals surface area contributed by atoms with E-state index < -0.39 is 0 Å². The second kappa shape index (κ2) is 8.87. The Balaban J connectivity index is 1.56. The second-order valence-corrected chi connectivity index (χ2v) is 7.58. The highest BCUT2D eigenvalue weighted by Gasteiger charge is 2.06. The van der Waals surface area contributed by atoms with Gasteiger partial charge in [0.15, 0.2) is 5.11 Å². The Bertz CT molecular complexity index is 870. The molecule has 0 unspecified atom stereocenters. The van der Waals surface area contributed by atoms with Crippen LogP contribution in [0.3, 0.4) is 0 Å². The molecule has 134 valence electrons. The highest BCUT2D eigenvalue weighted by molar-refractivity contribution is 7.80. The van der Waals surface area contributed by atoms with Crippen LogP contribution in [0, 0.1) is 0 Å². The van der Waals surface area contributed by atoms with Gasteiger partial charge >= 0.3 is 0 Å². The minimum Gasteiger partial charge on any atom is -0.332 e. The first-order valence-corrected chi connectivity index (χ1v) is 9.90. The third-order valence-electron chi connectivity index (χ3n) is 3.92. The number of para-hydroxylation sites is 1. The molecule has 1 aromatic heterocycles. The summed E-state index contributed by atoms with van der Waals surface area (Å²) in [6.45, 7) is 2.06. The lowest BCUT2D eigenvalue weighted by Gasteiger charge is -2.10. The third-order valence-corrected chi connectivity index (χ3v) is 5.16. The van der Waals surface area contributed by atoms with Gasteiger partial charge in [0, 0.05) is 18.5 Å². The van der Waals surface area contributed by atoms with Crippen LogP contribution < -0.4 is 10.6 Å². The van der Waals surface area contributed by atoms with E-state index in [9.17, 15) is 4.79 Å². The van der Waals surface area contributed by atoms with Crippen molar-refractivity contribution in [2.45, 2.75) is 32.6 Å². The molecule has 26 heavy (non-hydrogen) atoms. The molecule has 0 bridgehead atoms. The molecule has 0 aliphatic rings. The van der Waals surface area contributed by atoms with Gasteiger partial charge in [-0.1, -0.05) is 37.6 Å². The molecule has 4 nitrogen and oxygen atoms in total. The molecule has 2 N–H and O–H groups in total. The number of unbranched alkanes of at least 4 members (excludes halogenated alkanes) is 1. The molecule has 3 aromatic rings. The SMILES string of the molecule is CCCCC(=O)NC(=S)Nc1ccc(Cc2nc3ccccc3s2)cc1. The molecule has 0 fully saturated rings. The summed E-state index contributed by atoms with van der Waals surface area (Å²) in [7, 11) is 0. The van der Waals surface area contributed by atoms with Crippen LogP contribution in [0.15, 0.2) is 48.5 Å². The van der Waals surface area contributed by atoms with Gasteiger partial charge in [-0.15, -0.1) is 11.3 Å². The molecule has 0 aliphatic heterocycles. The van der Waals surface area contributed by atoms with Gasteiger partial charge < -0.3 is 10.6 Å². The first-order valence-electron chi connectivity index (χ1n) is 8.68. The van der Waals surface area contributed by atoms with Gasteiger partial charge in [-0.2, -0.15) is 0 Å². The van der Waals surface area contributed by atoms with Crippen LogP contribution in [0.1, 0.15) is 36.8 Å². The van der Waals surface area contributed by atoms with E-state index >= 15 is 0 Å². The van der Waals surface area contributed by atoms with Crippen molar-refractivity contribution in [1.29, 1.82) is 0 Å². The molecule has 3 rings (SSSR count). The molecular formula is C20H21N3OS2. The summed E-state index contributed by atoms with van der Waals surface area (Å²) < 4.78 is 1.21. The number of nitrogens with one attached hydrogen (secondary N) is 2. The second-order valence-electron chi connectivity index (χ2n) is 6.05. The van der Waals surface area contributed by atoms with Gasteiger partial charge in [0.25, 0.3) is 0 Å².